The highest BCUT2D eigenvalue weighted by molar-refractivity contribution is 5.82. The Morgan fingerprint density at radius 2 is 2.21 bits per heavy atom. The lowest BCUT2D eigenvalue weighted by Gasteiger charge is -2.38. The lowest BCUT2D eigenvalue weighted by molar-refractivity contribution is -0.138. The Balaban J connectivity index is 2.03. The summed E-state index contributed by atoms with van der Waals surface area (Å²) < 4.78 is 0. The average molecular weight is 194 g/mol. The number of likely N-dealkylation sites (N-methyl/N-ethyl adjacent to an activating group) is 1. The van der Waals surface area contributed by atoms with Crippen molar-refractivity contribution in [1.82, 2.24) is 9.80 Å². The van der Waals surface area contributed by atoms with Crippen molar-refractivity contribution in [3.05, 3.63) is 12.8 Å². The van der Waals surface area contributed by atoms with Crippen LogP contribution < -0.4 is 0 Å². The Labute approximate surface area is 85.4 Å². The third kappa shape index (κ3) is 1.76. The summed E-state index contributed by atoms with van der Waals surface area (Å²) in [5.74, 6) is 1.06. The van der Waals surface area contributed by atoms with Gasteiger partial charge in [-0.1, -0.05) is 19.4 Å². The predicted molar refractivity (Wildman–Crippen MR) is 55.7 cm³/mol. The molecular formula is C11H18N2O. The number of carbonyl (C=O) groups is 1. The van der Waals surface area contributed by atoms with Gasteiger partial charge in [-0.15, -0.1) is 0 Å². The van der Waals surface area contributed by atoms with Gasteiger partial charge in [-0.25, -0.2) is 0 Å². The maximum absolute atomic E-state index is 11.9. The molecule has 14 heavy (non-hydrogen) atoms. The van der Waals surface area contributed by atoms with Gasteiger partial charge in [0, 0.05) is 20.1 Å². The number of piperazine rings is 1. The summed E-state index contributed by atoms with van der Waals surface area (Å²) >= 11 is 0. The largest absolute Gasteiger partial charge is 0.364 e. The molecule has 78 valence electrons. The van der Waals surface area contributed by atoms with E-state index >= 15 is 0 Å². The van der Waals surface area contributed by atoms with Crippen LogP contribution in [0, 0.1) is 5.92 Å². The van der Waals surface area contributed by atoms with Gasteiger partial charge in [-0.2, -0.15) is 0 Å². The van der Waals surface area contributed by atoms with Crippen molar-refractivity contribution in [3.8, 4) is 0 Å². The molecule has 1 aliphatic heterocycles. The molecule has 1 saturated heterocycles. The van der Waals surface area contributed by atoms with E-state index in [1.54, 1.807) is 0 Å². The van der Waals surface area contributed by atoms with Gasteiger partial charge >= 0.3 is 0 Å². The zero-order valence-electron chi connectivity index (χ0n) is 8.78. The van der Waals surface area contributed by atoms with Crippen LogP contribution in [0.4, 0.5) is 0 Å². The van der Waals surface area contributed by atoms with Crippen LogP contribution in [0.3, 0.4) is 0 Å². The van der Waals surface area contributed by atoms with Crippen LogP contribution >= 0.6 is 0 Å². The zero-order chi connectivity index (χ0) is 10.1. The molecule has 1 saturated carbocycles. The molecule has 2 rings (SSSR count). The van der Waals surface area contributed by atoms with Crippen molar-refractivity contribution in [2.75, 3.05) is 20.1 Å². The second-order valence-electron chi connectivity index (χ2n) is 4.38. The SMILES string of the molecule is C=CN1CCN(C)C(=O)C1CC1CC1. The summed E-state index contributed by atoms with van der Waals surface area (Å²) in [6.45, 7) is 5.54. The van der Waals surface area contributed by atoms with Crippen LogP contribution in [0.5, 0.6) is 0 Å². The van der Waals surface area contributed by atoms with Crippen LogP contribution in [0.1, 0.15) is 19.3 Å². The number of rotatable bonds is 3. The van der Waals surface area contributed by atoms with Gasteiger partial charge in [0.2, 0.25) is 5.91 Å². The lowest BCUT2D eigenvalue weighted by atomic mass is 10.1. The molecule has 0 aromatic heterocycles. The molecule has 0 aromatic carbocycles. The first kappa shape index (κ1) is 9.56. The van der Waals surface area contributed by atoms with Crippen molar-refractivity contribution in [2.24, 2.45) is 5.92 Å². The molecule has 0 N–H and O–H groups in total. The van der Waals surface area contributed by atoms with Crippen molar-refractivity contribution in [1.29, 1.82) is 0 Å². The minimum absolute atomic E-state index is 0.0683. The topological polar surface area (TPSA) is 23.6 Å². The molecule has 0 aromatic rings. The number of carbonyl (C=O) groups excluding carboxylic acids is 1. The molecule has 2 fully saturated rings. The highest BCUT2D eigenvalue weighted by atomic mass is 16.2. The van der Waals surface area contributed by atoms with Crippen molar-refractivity contribution >= 4 is 5.91 Å². The molecule has 1 atom stereocenters. The Morgan fingerprint density at radius 3 is 2.79 bits per heavy atom. The van der Waals surface area contributed by atoms with Crippen LogP contribution in [0.25, 0.3) is 0 Å². The highest BCUT2D eigenvalue weighted by Gasteiger charge is 2.35. The van der Waals surface area contributed by atoms with Crippen LogP contribution in [-0.2, 0) is 4.79 Å². The maximum Gasteiger partial charge on any atom is 0.245 e. The zero-order valence-corrected chi connectivity index (χ0v) is 8.78. The number of hydrogen-bond acceptors (Lipinski definition) is 2. The van der Waals surface area contributed by atoms with Gasteiger partial charge in [0.15, 0.2) is 0 Å². The minimum atomic E-state index is 0.0683. The van der Waals surface area contributed by atoms with Crippen LogP contribution in [0.2, 0.25) is 0 Å². The molecule has 0 radical (unpaired) electrons. The second kappa shape index (κ2) is 3.64. The molecule has 1 amide bonds. The third-order valence-corrected chi connectivity index (χ3v) is 3.24. The van der Waals surface area contributed by atoms with Gasteiger partial charge in [-0.05, 0) is 18.5 Å². The summed E-state index contributed by atoms with van der Waals surface area (Å²) in [5.41, 5.74) is 0. The van der Waals surface area contributed by atoms with E-state index in [0.717, 1.165) is 25.4 Å². The first-order chi connectivity index (χ1) is 6.72. The molecule has 2 aliphatic rings. The summed E-state index contributed by atoms with van der Waals surface area (Å²) in [5, 5.41) is 0. The predicted octanol–water partition coefficient (Wildman–Crippen LogP) is 1.07. The average Bonchev–Trinajstić information content (AvgIpc) is 2.97. The Hall–Kier alpha value is -0.990. The molecule has 1 unspecified atom stereocenters. The van der Waals surface area contributed by atoms with Gasteiger partial charge in [-0.3, -0.25) is 4.79 Å². The molecule has 1 heterocycles. The van der Waals surface area contributed by atoms with Gasteiger partial charge in [0.25, 0.3) is 0 Å². The van der Waals surface area contributed by atoms with Crippen LogP contribution in [-0.4, -0.2) is 41.9 Å². The highest BCUT2D eigenvalue weighted by Crippen LogP contribution is 2.35. The lowest BCUT2D eigenvalue weighted by Crippen LogP contribution is -2.53. The minimum Gasteiger partial charge on any atom is -0.364 e. The fraction of sp³-hybridized carbons (Fsp3) is 0.727. The van der Waals surface area contributed by atoms with E-state index in [0.29, 0.717) is 0 Å². The first-order valence-corrected chi connectivity index (χ1v) is 5.35. The fourth-order valence-electron chi connectivity index (χ4n) is 2.05. The van der Waals surface area contributed by atoms with E-state index in [1.165, 1.54) is 12.8 Å². The summed E-state index contributed by atoms with van der Waals surface area (Å²) in [6.07, 6.45) is 5.45. The molecule has 0 spiro atoms. The second-order valence-corrected chi connectivity index (χ2v) is 4.38. The van der Waals surface area contributed by atoms with Gasteiger partial charge in [0.05, 0.1) is 0 Å². The third-order valence-electron chi connectivity index (χ3n) is 3.24. The molecule has 1 aliphatic carbocycles. The first-order valence-electron chi connectivity index (χ1n) is 5.35. The number of amides is 1. The van der Waals surface area contributed by atoms with Crippen molar-refractivity contribution in [2.45, 2.75) is 25.3 Å². The van der Waals surface area contributed by atoms with Gasteiger partial charge < -0.3 is 9.80 Å². The molecule has 0 bridgehead atoms. The molecular weight excluding hydrogens is 176 g/mol. The van der Waals surface area contributed by atoms with Crippen molar-refractivity contribution in [3.63, 3.8) is 0 Å². The Kier molecular flexibility index (Phi) is 2.48. The van der Waals surface area contributed by atoms with Gasteiger partial charge in [0.1, 0.15) is 6.04 Å². The Morgan fingerprint density at radius 1 is 1.50 bits per heavy atom. The smallest absolute Gasteiger partial charge is 0.245 e. The molecule has 3 nitrogen and oxygen atoms in total. The Bertz CT molecular complexity index is 248. The molecule has 3 heteroatoms. The van der Waals surface area contributed by atoms with E-state index in [-0.39, 0.29) is 11.9 Å². The van der Waals surface area contributed by atoms with E-state index in [4.69, 9.17) is 0 Å². The quantitative estimate of drug-likeness (QED) is 0.671. The van der Waals surface area contributed by atoms with Crippen molar-refractivity contribution < 1.29 is 4.79 Å². The van der Waals surface area contributed by atoms with E-state index in [2.05, 4.69) is 11.5 Å². The number of hydrogen-bond donors (Lipinski definition) is 0. The summed E-state index contributed by atoms with van der Waals surface area (Å²) in [6, 6.07) is 0.0683. The van der Waals surface area contributed by atoms with Crippen LogP contribution in [0.15, 0.2) is 12.8 Å². The fourth-order valence-corrected chi connectivity index (χ4v) is 2.05. The normalized spacial score (nSPS) is 28.1. The number of nitrogens with zero attached hydrogens (tertiary/aromatic N) is 2. The summed E-state index contributed by atoms with van der Waals surface area (Å²) in [7, 11) is 1.89. The van der Waals surface area contributed by atoms with E-state index in [1.807, 2.05) is 18.1 Å². The maximum atomic E-state index is 11.9. The monoisotopic (exact) mass is 194 g/mol. The standard InChI is InChI=1S/C11H18N2O/c1-3-13-7-6-12(2)11(14)10(13)8-9-4-5-9/h3,9-10H,1,4-8H2,2H3. The van der Waals surface area contributed by atoms with E-state index < -0.39 is 0 Å². The van der Waals surface area contributed by atoms with E-state index in [9.17, 15) is 4.79 Å². The summed E-state index contributed by atoms with van der Waals surface area (Å²) in [4.78, 5) is 15.8.